The number of aryl methyl sites for hydroxylation is 1. The predicted octanol–water partition coefficient (Wildman–Crippen LogP) is 4.67. The van der Waals surface area contributed by atoms with E-state index in [2.05, 4.69) is 48.4 Å². The molecule has 0 saturated heterocycles. The number of amides is 1. The lowest BCUT2D eigenvalue weighted by molar-refractivity contribution is -0.115. The van der Waals surface area contributed by atoms with E-state index in [1.807, 2.05) is 17.5 Å². The molecule has 0 spiro atoms. The second-order valence-electron chi connectivity index (χ2n) is 6.18. The Morgan fingerprint density at radius 1 is 1.28 bits per heavy atom. The van der Waals surface area contributed by atoms with Gasteiger partial charge in [0.25, 0.3) is 0 Å². The van der Waals surface area contributed by atoms with Gasteiger partial charge >= 0.3 is 0 Å². The van der Waals surface area contributed by atoms with Crippen LogP contribution in [-0.2, 0) is 17.6 Å². The highest BCUT2D eigenvalue weighted by molar-refractivity contribution is 7.09. The van der Waals surface area contributed by atoms with Gasteiger partial charge < -0.3 is 4.52 Å². The fourth-order valence-electron chi connectivity index (χ4n) is 2.40. The molecular weight excluding hydrogens is 334 g/mol. The quantitative estimate of drug-likeness (QED) is 0.698. The highest BCUT2D eigenvalue weighted by Crippen LogP contribution is 2.23. The number of carbonyl (C=O) groups is 1. The van der Waals surface area contributed by atoms with Crippen molar-refractivity contribution < 1.29 is 9.32 Å². The molecule has 25 heavy (non-hydrogen) atoms. The number of nitrogens with one attached hydrogen (secondary N) is 1. The first-order valence-electron chi connectivity index (χ1n) is 8.35. The van der Waals surface area contributed by atoms with Gasteiger partial charge in [0, 0.05) is 22.9 Å². The van der Waals surface area contributed by atoms with E-state index >= 15 is 0 Å². The maximum Gasteiger partial charge on any atom is 0.232 e. The van der Waals surface area contributed by atoms with Crippen LogP contribution in [0.4, 0.5) is 5.88 Å². The molecule has 130 valence electrons. The first-order valence-corrected chi connectivity index (χ1v) is 9.23. The van der Waals surface area contributed by atoms with Crippen LogP contribution in [0, 0.1) is 0 Å². The summed E-state index contributed by atoms with van der Waals surface area (Å²) in [5, 5.41) is 9.73. The van der Waals surface area contributed by atoms with Crippen molar-refractivity contribution in [3.63, 3.8) is 0 Å². The van der Waals surface area contributed by atoms with Gasteiger partial charge in [0.1, 0.15) is 5.69 Å². The van der Waals surface area contributed by atoms with E-state index in [-0.39, 0.29) is 12.3 Å². The lowest BCUT2D eigenvalue weighted by Crippen LogP contribution is -2.14. The van der Waals surface area contributed by atoms with Crippen LogP contribution in [0.25, 0.3) is 11.3 Å². The van der Waals surface area contributed by atoms with Crippen LogP contribution in [0.2, 0.25) is 0 Å². The average Bonchev–Trinajstić information content (AvgIpc) is 3.24. The fourth-order valence-corrected chi connectivity index (χ4v) is 3.23. The van der Waals surface area contributed by atoms with E-state index in [0.717, 1.165) is 22.7 Å². The molecule has 0 aliphatic rings. The molecule has 0 atom stereocenters. The molecule has 0 bridgehead atoms. The minimum absolute atomic E-state index is 0.162. The monoisotopic (exact) mass is 355 g/mol. The maximum absolute atomic E-state index is 12.2. The van der Waals surface area contributed by atoms with Crippen LogP contribution < -0.4 is 5.32 Å². The third kappa shape index (κ3) is 4.33. The van der Waals surface area contributed by atoms with Gasteiger partial charge in [-0.2, -0.15) is 0 Å². The Labute approximate surface area is 151 Å². The lowest BCUT2D eigenvalue weighted by Gasteiger charge is -1.99. The summed E-state index contributed by atoms with van der Waals surface area (Å²) >= 11 is 1.58. The molecule has 0 radical (unpaired) electrons. The van der Waals surface area contributed by atoms with Crippen LogP contribution in [0.5, 0.6) is 0 Å². The standard InChI is InChI=1S/C19H21N3O2S/c1-4-13-5-7-14(8-6-13)16-10-18(24-22-16)21-17(23)9-15-11-25-19(20-15)12(2)3/h5-8,10-12H,4,9H2,1-3H3,(H,21,23). The van der Waals surface area contributed by atoms with E-state index in [1.54, 1.807) is 17.4 Å². The summed E-state index contributed by atoms with van der Waals surface area (Å²) in [6.07, 6.45) is 1.22. The Hall–Kier alpha value is -2.47. The molecule has 6 heteroatoms. The second kappa shape index (κ2) is 7.61. The van der Waals surface area contributed by atoms with Crippen molar-refractivity contribution in [3.8, 4) is 11.3 Å². The van der Waals surface area contributed by atoms with Crippen LogP contribution >= 0.6 is 11.3 Å². The van der Waals surface area contributed by atoms with E-state index in [0.29, 0.717) is 17.5 Å². The van der Waals surface area contributed by atoms with E-state index in [9.17, 15) is 4.79 Å². The normalized spacial score (nSPS) is 11.0. The Kier molecular flexibility index (Phi) is 5.28. The van der Waals surface area contributed by atoms with Crippen LogP contribution in [0.15, 0.2) is 40.2 Å². The molecule has 3 rings (SSSR count). The smallest absolute Gasteiger partial charge is 0.232 e. The van der Waals surface area contributed by atoms with Crippen molar-refractivity contribution in [3.05, 3.63) is 52.0 Å². The molecule has 0 saturated carbocycles. The zero-order chi connectivity index (χ0) is 17.8. The number of hydrogen-bond donors (Lipinski definition) is 1. The minimum Gasteiger partial charge on any atom is -0.338 e. The molecule has 1 aromatic carbocycles. The molecule has 0 aliphatic heterocycles. The topological polar surface area (TPSA) is 68.0 Å². The van der Waals surface area contributed by atoms with Crippen molar-refractivity contribution in [1.29, 1.82) is 0 Å². The first-order chi connectivity index (χ1) is 12.0. The lowest BCUT2D eigenvalue weighted by atomic mass is 10.1. The molecule has 2 heterocycles. The van der Waals surface area contributed by atoms with Gasteiger partial charge in [-0.25, -0.2) is 4.98 Å². The molecule has 0 unspecified atom stereocenters. The summed E-state index contributed by atoms with van der Waals surface area (Å²) in [6.45, 7) is 6.29. The molecule has 3 aromatic rings. The number of rotatable bonds is 6. The molecule has 0 aliphatic carbocycles. The second-order valence-corrected chi connectivity index (χ2v) is 7.07. The summed E-state index contributed by atoms with van der Waals surface area (Å²) in [4.78, 5) is 16.6. The number of carbonyl (C=O) groups excluding carboxylic acids is 1. The molecular formula is C19H21N3O2S. The third-order valence-electron chi connectivity index (χ3n) is 3.84. The third-order valence-corrected chi connectivity index (χ3v) is 5.03. The Morgan fingerprint density at radius 2 is 2.04 bits per heavy atom. The van der Waals surface area contributed by atoms with Crippen LogP contribution in [0.3, 0.4) is 0 Å². The van der Waals surface area contributed by atoms with Crippen molar-refractivity contribution in [1.82, 2.24) is 10.1 Å². The summed E-state index contributed by atoms with van der Waals surface area (Å²) in [7, 11) is 0. The fraction of sp³-hybridized carbons (Fsp3) is 0.316. The number of anilines is 1. The first kappa shape index (κ1) is 17.4. The van der Waals surface area contributed by atoms with Gasteiger partial charge in [-0.1, -0.05) is 50.2 Å². The van der Waals surface area contributed by atoms with Crippen molar-refractivity contribution >= 4 is 23.1 Å². The van der Waals surface area contributed by atoms with Crippen molar-refractivity contribution in [2.75, 3.05) is 5.32 Å². The summed E-state index contributed by atoms with van der Waals surface area (Å²) < 4.78 is 5.23. The number of aromatic nitrogens is 2. The van der Waals surface area contributed by atoms with Gasteiger partial charge in [0.2, 0.25) is 11.8 Å². The minimum atomic E-state index is -0.162. The largest absolute Gasteiger partial charge is 0.338 e. The average molecular weight is 355 g/mol. The van der Waals surface area contributed by atoms with Crippen LogP contribution in [-0.4, -0.2) is 16.0 Å². The summed E-state index contributed by atoms with van der Waals surface area (Å²) in [5.41, 5.74) is 3.71. The van der Waals surface area contributed by atoms with Crippen molar-refractivity contribution in [2.45, 2.75) is 39.5 Å². The maximum atomic E-state index is 12.2. The van der Waals surface area contributed by atoms with Crippen molar-refractivity contribution in [2.24, 2.45) is 0 Å². The van der Waals surface area contributed by atoms with Gasteiger partial charge in [-0.05, 0) is 12.0 Å². The molecule has 5 nitrogen and oxygen atoms in total. The van der Waals surface area contributed by atoms with Gasteiger partial charge in [0.05, 0.1) is 17.1 Å². The number of nitrogens with zero attached hydrogens (tertiary/aromatic N) is 2. The Bertz CT molecular complexity index is 850. The van der Waals surface area contributed by atoms with Gasteiger partial charge in [-0.3, -0.25) is 10.1 Å². The van der Waals surface area contributed by atoms with E-state index < -0.39 is 0 Å². The number of benzene rings is 1. The van der Waals surface area contributed by atoms with Gasteiger partial charge in [-0.15, -0.1) is 11.3 Å². The SMILES string of the molecule is CCc1ccc(-c2cc(NC(=O)Cc3csc(C(C)C)n3)on2)cc1. The summed E-state index contributed by atoms with van der Waals surface area (Å²) in [6, 6.07) is 9.88. The Morgan fingerprint density at radius 3 is 2.68 bits per heavy atom. The summed E-state index contributed by atoms with van der Waals surface area (Å²) in [5.74, 6) is 0.557. The van der Waals surface area contributed by atoms with Gasteiger partial charge in [0.15, 0.2) is 0 Å². The number of hydrogen-bond acceptors (Lipinski definition) is 5. The highest BCUT2D eigenvalue weighted by atomic mass is 32.1. The molecule has 1 amide bonds. The van der Waals surface area contributed by atoms with E-state index in [4.69, 9.17) is 4.52 Å². The molecule has 1 N–H and O–H groups in total. The zero-order valence-corrected chi connectivity index (χ0v) is 15.4. The molecule has 0 fully saturated rings. The Balaban J connectivity index is 1.62. The van der Waals surface area contributed by atoms with Crippen LogP contribution in [0.1, 0.15) is 43.0 Å². The van der Waals surface area contributed by atoms with E-state index in [1.165, 1.54) is 5.56 Å². The predicted molar refractivity (Wildman–Crippen MR) is 99.9 cm³/mol. The number of thiazole rings is 1. The highest BCUT2D eigenvalue weighted by Gasteiger charge is 2.13. The molecule has 2 aromatic heterocycles. The zero-order valence-electron chi connectivity index (χ0n) is 14.6.